The van der Waals surface area contributed by atoms with Crippen LogP contribution in [0.15, 0.2) is 48.5 Å². The zero-order valence-electron chi connectivity index (χ0n) is 32.2. The van der Waals surface area contributed by atoms with Crippen LogP contribution in [0.3, 0.4) is 0 Å². The van der Waals surface area contributed by atoms with E-state index in [0.717, 1.165) is 95.2 Å². The molecule has 4 aliphatic carbocycles. The molecule has 0 unspecified atom stereocenters. The Balaban J connectivity index is 0.00000356. The fourth-order valence-electron chi connectivity index (χ4n) is 10.6. The Bertz CT molecular complexity index is 2660. The normalized spacial score (nSPS) is 16.6. The van der Waals surface area contributed by atoms with Crippen molar-refractivity contribution in [3.63, 3.8) is 0 Å². The van der Waals surface area contributed by atoms with Crippen molar-refractivity contribution in [2.24, 2.45) is 0 Å². The molecule has 0 fully saturated rings. The number of nitrogens with zero attached hydrogens (tertiary/aromatic N) is 8. The van der Waals surface area contributed by atoms with Crippen molar-refractivity contribution in [1.29, 1.82) is 0 Å². The predicted molar refractivity (Wildman–Crippen MR) is 221 cm³/mol. The second-order valence-electron chi connectivity index (χ2n) is 17.0. The minimum absolute atomic E-state index is 0. The van der Waals surface area contributed by atoms with Gasteiger partial charge in [0, 0.05) is 44.8 Å². The largest absolute Gasteiger partial charge is 2.00 e. The van der Waals surface area contributed by atoms with E-state index in [2.05, 4.69) is 48.5 Å². The van der Waals surface area contributed by atoms with E-state index in [1.165, 1.54) is 95.9 Å². The molecule has 0 radical (unpaired) electrons. The molecule has 3 aromatic heterocycles. The quantitative estimate of drug-likeness (QED) is 0.140. The van der Waals surface area contributed by atoms with E-state index in [-0.39, 0.29) is 19.5 Å². The van der Waals surface area contributed by atoms with Crippen LogP contribution in [0.4, 0.5) is 0 Å². The van der Waals surface area contributed by atoms with Crippen LogP contribution in [-0.2, 0) is 70.8 Å². The van der Waals surface area contributed by atoms with Crippen LogP contribution >= 0.6 is 0 Å². The van der Waals surface area contributed by atoms with Gasteiger partial charge in [0.05, 0.1) is 23.3 Å². The molecule has 8 bridgehead atoms. The molecule has 9 heteroatoms. The van der Waals surface area contributed by atoms with Gasteiger partial charge in [-0.1, -0.05) is 0 Å². The fourth-order valence-corrected chi connectivity index (χ4v) is 10.6. The summed E-state index contributed by atoms with van der Waals surface area (Å²) < 4.78 is 0. The molecule has 8 nitrogen and oxygen atoms in total. The van der Waals surface area contributed by atoms with Crippen molar-refractivity contribution in [2.75, 3.05) is 0 Å². The third kappa shape index (κ3) is 5.34. The maximum atomic E-state index is 5.36. The standard InChI is InChI=1S/C48H40N8.Zn/c1-2-10-26-18-34-33(17-25(26)9-1)41-49-42(34)54-44-37-21-29-13-5-6-14-30(29)22-38(37)46(51-44)56-48-40-24-32-16-8-7-15-31(32)23-39(40)47(52-48)55-45-36-20-28-12-4-3-11-27(28)19-35(36)43(50-45)53-41;/h17-24H,1-16H2;/q-2;+2. The van der Waals surface area contributed by atoms with Crippen molar-refractivity contribution in [3.05, 3.63) is 93.0 Å². The van der Waals surface area contributed by atoms with Crippen LogP contribution < -0.4 is 9.97 Å². The van der Waals surface area contributed by atoms with Crippen molar-refractivity contribution < 1.29 is 19.5 Å². The average molecular weight is 794 g/mol. The molecule has 274 valence electrons. The molecular weight excluding hydrogens is 754 g/mol. The molecule has 13 rings (SSSR count). The summed E-state index contributed by atoms with van der Waals surface area (Å²) in [4.78, 5) is 42.5. The molecule has 7 aromatic rings. The van der Waals surface area contributed by atoms with Crippen molar-refractivity contribution >= 4 is 44.1 Å². The Morgan fingerprint density at radius 3 is 0.719 bits per heavy atom. The van der Waals surface area contributed by atoms with Gasteiger partial charge in [-0.3, -0.25) is 0 Å². The molecule has 4 aromatic carbocycles. The molecule has 0 atom stereocenters. The molecule has 0 saturated carbocycles. The van der Waals surface area contributed by atoms with E-state index in [1.54, 1.807) is 0 Å². The number of fused-ring (bicyclic) bond motifs is 24. The average Bonchev–Trinajstić information content (AvgIpc) is 3.95. The summed E-state index contributed by atoms with van der Waals surface area (Å²) in [5, 5.41) is 4.10. The fraction of sp³-hybridized carbons (Fsp3) is 0.333. The molecule has 5 heterocycles. The zero-order chi connectivity index (χ0) is 36.5. The smallest absolute Gasteiger partial charge is 0.357 e. The summed E-state index contributed by atoms with van der Waals surface area (Å²) in [6, 6.07) is 18.6. The number of aryl methyl sites for hydroxylation is 8. The van der Waals surface area contributed by atoms with Gasteiger partial charge in [0.15, 0.2) is 0 Å². The monoisotopic (exact) mass is 792 g/mol. The maximum absolute atomic E-state index is 5.36. The molecule has 57 heavy (non-hydrogen) atoms. The molecule has 0 saturated heterocycles. The molecule has 6 aliphatic rings. The van der Waals surface area contributed by atoms with Crippen LogP contribution in [0.25, 0.3) is 89.7 Å². The Labute approximate surface area is 343 Å². The number of benzene rings is 4. The van der Waals surface area contributed by atoms with E-state index in [1.807, 2.05) is 0 Å². The number of hydrogen-bond donors (Lipinski definition) is 0. The van der Waals surface area contributed by atoms with Gasteiger partial charge in [-0.15, -0.1) is 0 Å². The van der Waals surface area contributed by atoms with E-state index in [9.17, 15) is 0 Å². The van der Waals surface area contributed by atoms with Gasteiger partial charge in [0.2, 0.25) is 0 Å². The summed E-state index contributed by atoms with van der Waals surface area (Å²) in [5.74, 6) is 2.64. The van der Waals surface area contributed by atoms with Crippen LogP contribution in [0, 0.1) is 0 Å². The first-order valence-corrected chi connectivity index (χ1v) is 21.0. The third-order valence-electron chi connectivity index (χ3n) is 13.5. The SMILES string of the molecule is [Zn+2].c1c2c(cc3c1-c1nc-3nc3[n-]c(nc4nc(nc5[n-]c(n1)c1cc6c(cc51)CCCC6)-c1cc5c(cc1-4)CCCC5)c1cc4c(cc31)CCCC4)CCCC2. The first-order valence-electron chi connectivity index (χ1n) is 21.0. The van der Waals surface area contributed by atoms with Crippen molar-refractivity contribution in [2.45, 2.75) is 103 Å². The van der Waals surface area contributed by atoms with E-state index < -0.39 is 0 Å². The van der Waals surface area contributed by atoms with Gasteiger partial charge in [-0.2, -0.15) is 0 Å². The van der Waals surface area contributed by atoms with E-state index in [4.69, 9.17) is 39.9 Å². The van der Waals surface area contributed by atoms with Gasteiger partial charge in [0.1, 0.15) is 0 Å². The van der Waals surface area contributed by atoms with Crippen molar-refractivity contribution in [1.82, 2.24) is 39.9 Å². The molecule has 0 N–H and O–H groups in total. The van der Waals surface area contributed by atoms with E-state index in [0.29, 0.717) is 45.9 Å². The number of aromatic nitrogens is 8. The maximum Gasteiger partial charge on any atom is 2.00 e. The Morgan fingerprint density at radius 2 is 0.491 bits per heavy atom. The van der Waals surface area contributed by atoms with Gasteiger partial charge >= 0.3 is 19.5 Å². The minimum atomic E-state index is 0. The van der Waals surface area contributed by atoms with Crippen LogP contribution in [0.5, 0.6) is 0 Å². The van der Waals surface area contributed by atoms with Crippen LogP contribution in [-0.4, -0.2) is 29.9 Å². The molecule has 0 spiro atoms. The van der Waals surface area contributed by atoms with Crippen LogP contribution in [0.1, 0.15) is 95.9 Å². The van der Waals surface area contributed by atoms with Gasteiger partial charge in [-0.25, -0.2) is 9.97 Å². The van der Waals surface area contributed by atoms with E-state index >= 15 is 0 Å². The zero-order valence-corrected chi connectivity index (χ0v) is 35.2. The Kier molecular flexibility index (Phi) is 7.71. The summed E-state index contributed by atoms with van der Waals surface area (Å²) in [7, 11) is 0. The van der Waals surface area contributed by atoms with Gasteiger partial charge in [-0.05, 0) is 217 Å². The Hall–Kier alpha value is -5.14. The van der Waals surface area contributed by atoms with Gasteiger partial charge < -0.3 is 29.9 Å². The topological polar surface area (TPSA) is 106 Å². The molecular formula is C48H40N8Zn. The van der Waals surface area contributed by atoms with Gasteiger partial charge in [0.25, 0.3) is 0 Å². The second-order valence-corrected chi connectivity index (χ2v) is 17.0. The summed E-state index contributed by atoms with van der Waals surface area (Å²) in [6.07, 6.45) is 18.2. The second kappa shape index (κ2) is 12.9. The first kappa shape index (κ1) is 34.0. The number of rotatable bonds is 0. The summed E-state index contributed by atoms with van der Waals surface area (Å²) in [6.45, 7) is 0. The Morgan fingerprint density at radius 1 is 0.281 bits per heavy atom. The molecule has 2 aliphatic heterocycles. The summed E-state index contributed by atoms with van der Waals surface area (Å²) in [5.41, 5.74) is 17.9. The molecule has 0 amide bonds. The first-order chi connectivity index (χ1) is 27.7. The minimum Gasteiger partial charge on any atom is -0.357 e. The number of hydrogen-bond acceptors (Lipinski definition) is 6. The third-order valence-corrected chi connectivity index (χ3v) is 13.5. The van der Waals surface area contributed by atoms with Crippen molar-refractivity contribution in [3.8, 4) is 45.6 Å². The van der Waals surface area contributed by atoms with Crippen LogP contribution in [0.2, 0.25) is 0 Å². The summed E-state index contributed by atoms with van der Waals surface area (Å²) >= 11 is 0. The predicted octanol–water partition coefficient (Wildman–Crippen LogP) is 9.64.